The zero-order valence-corrected chi connectivity index (χ0v) is 22.7. The van der Waals surface area contributed by atoms with Crippen LogP contribution in [0.1, 0.15) is 42.5 Å². The number of ether oxygens (including phenoxy) is 2. The molecule has 2 heterocycles. The van der Waals surface area contributed by atoms with Crippen LogP contribution in [0, 0.1) is 0 Å². The minimum atomic E-state index is -3.63. The SMILES string of the molecule is CCN(CCCN1CCc2cc(OC)c(OC)c3c2C1CC3)S(=O)(=O)c1cccc2cccnc12.Cl. The molecule has 0 spiro atoms. The number of aromatic nitrogens is 1. The fourth-order valence-electron chi connectivity index (χ4n) is 5.81. The van der Waals surface area contributed by atoms with Crippen molar-refractivity contribution < 1.29 is 17.9 Å². The van der Waals surface area contributed by atoms with Gasteiger partial charge in [0.15, 0.2) is 11.5 Å². The molecule has 194 valence electrons. The van der Waals surface area contributed by atoms with Crippen molar-refractivity contribution in [3.63, 3.8) is 0 Å². The maximum atomic E-state index is 13.5. The van der Waals surface area contributed by atoms with E-state index in [0.717, 1.165) is 55.7 Å². The summed E-state index contributed by atoms with van der Waals surface area (Å²) in [6.07, 6.45) is 5.43. The molecule has 0 fully saturated rings. The summed E-state index contributed by atoms with van der Waals surface area (Å²) in [5.41, 5.74) is 4.56. The second-order valence-electron chi connectivity index (χ2n) is 9.19. The van der Waals surface area contributed by atoms with E-state index >= 15 is 0 Å². The largest absolute Gasteiger partial charge is 0.493 e. The molecular formula is C27H34ClN3O4S. The molecule has 5 rings (SSSR count). The lowest BCUT2D eigenvalue weighted by atomic mass is 9.92. The number of nitrogens with zero attached hydrogens (tertiary/aromatic N) is 3. The summed E-state index contributed by atoms with van der Waals surface area (Å²) in [4.78, 5) is 7.16. The Morgan fingerprint density at radius 3 is 2.69 bits per heavy atom. The van der Waals surface area contributed by atoms with E-state index in [1.54, 1.807) is 36.9 Å². The van der Waals surface area contributed by atoms with Gasteiger partial charge in [-0.3, -0.25) is 9.88 Å². The highest BCUT2D eigenvalue weighted by atomic mass is 35.5. The van der Waals surface area contributed by atoms with Gasteiger partial charge >= 0.3 is 0 Å². The second-order valence-corrected chi connectivity index (χ2v) is 11.1. The van der Waals surface area contributed by atoms with Gasteiger partial charge in [0, 0.05) is 49.4 Å². The molecule has 0 radical (unpaired) electrons. The van der Waals surface area contributed by atoms with E-state index in [9.17, 15) is 8.42 Å². The first-order valence-corrected chi connectivity index (χ1v) is 13.8. The Morgan fingerprint density at radius 1 is 1.14 bits per heavy atom. The topological polar surface area (TPSA) is 72.0 Å². The van der Waals surface area contributed by atoms with Crippen molar-refractivity contribution in [3.8, 4) is 11.5 Å². The fourth-order valence-corrected chi connectivity index (χ4v) is 7.46. The van der Waals surface area contributed by atoms with Gasteiger partial charge in [-0.25, -0.2) is 8.42 Å². The summed E-state index contributed by atoms with van der Waals surface area (Å²) < 4.78 is 39.9. The summed E-state index contributed by atoms with van der Waals surface area (Å²) in [6.45, 7) is 4.64. The van der Waals surface area contributed by atoms with E-state index in [4.69, 9.17) is 9.47 Å². The van der Waals surface area contributed by atoms with Crippen LogP contribution in [0.15, 0.2) is 47.5 Å². The first kappa shape index (κ1) is 26.7. The van der Waals surface area contributed by atoms with Crippen molar-refractivity contribution in [3.05, 3.63) is 59.3 Å². The Balaban J connectivity index is 0.00000304. The first-order valence-electron chi connectivity index (χ1n) is 12.3. The number of fused-ring (bicyclic) bond motifs is 1. The highest BCUT2D eigenvalue weighted by molar-refractivity contribution is 7.89. The predicted molar refractivity (Wildman–Crippen MR) is 144 cm³/mol. The molecule has 3 aromatic rings. The average Bonchev–Trinajstić information content (AvgIpc) is 3.33. The lowest BCUT2D eigenvalue weighted by Gasteiger charge is -2.36. The fraction of sp³-hybridized carbons (Fsp3) is 0.444. The molecule has 1 aliphatic carbocycles. The Bertz CT molecular complexity index is 1340. The molecule has 9 heteroatoms. The van der Waals surface area contributed by atoms with Gasteiger partial charge in [-0.2, -0.15) is 4.31 Å². The van der Waals surface area contributed by atoms with E-state index in [0.29, 0.717) is 24.6 Å². The summed E-state index contributed by atoms with van der Waals surface area (Å²) in [6, 6.07) is 11.6. The summed E-state index contributed by atoms with van der Waals surface area (Å²) in [5, 5.41) is 0.834. The van der Waals surface area contributed by atoms with Gasteiger partial charge in [0.25, 0.3) is 0 Å². The summed E-state index contributed by atoms with van der Waals surface area (Å²) in [7, 11) is -0.230. The molecule has 0 N–H and O–H groups in total. The summed E-state index contributed by atoms with van der Waals surface area (Å²) in [5.74, 6) is 1.68. The summed E-state index contributed by atoms with van der Waals surface area (Å²) >= 11 is 0. The minimum Gasteiger partial charge on any atom is -0.493 e. The van der Waals surface area contributed by atoms with Crippen LogP contribution in [0.3, 0.4) is 0 Å². The van der Waals surface area contributed by atoms with Crippen LogP contribution in [0.2, 0.25) is 0 Å². The molecule has 1 aromatic heterocycles. The van der Waals surface area contributed by atoms with Gasteiger partial charge in [-0.05, 0) is 55.0 Å². The third kappa shape index (κ3) is 4.56. The number of pyridine rings is 1. The van der Waals surface area contributed by atoms with E-state index in [-0.39, 0.29) is 17.3 Å². The Hall–Kier alpha value is -2.39. The quantitative estimate of drug-likeness (QED) is 0.401. The molecule has 1 unspecified atom stereocenters. The molecule has 0 saturated carbocycles. The van der Waals surface area contributed by atoms with Gasteiger partial charge in [-0.1, -0.05) is 25.1 Å². The number of sulfonamides is 1. The van der Waals surface area contributed by atoms with Gasteiger partial charge in [0.2, 0.25) is 10.0 Å². The number of rotatable bonds is 9. The highest BCUT2D eigenvalue weighted by Crippen LogP contribution is 2.48. The van der Waals surface area contributed by atoms with E-state index in [2.05, 4.69) is 16.0 Å². The van der Waals surface area contributed by atoms with Gasteiger partial charge in [0.1, 0.15) is 4.90 Å². The molecule has 0 amide bonds. The van der Waals surface area contributed by atoms with Crippen LogP contribution in [0.4, 0.5) is 0 Å². The van der Waals surface area contributed by atoms with Crippen LogP contribution in [0.25, 0.3) is 10.9 Å². The van der Waals surface area contributed by atoms with Crippen LogP contribution < -0.4 is 9.47 Å². The van der Waals surface area contributed by atoms with Crippen molar-refractivity contribution in [2.75, 3.05) is 40.4 Å². The van der Waals surface area contributed by atoms with Crippen LogP contribution >= 0.6 is 12.4 Å². The molecule has 0 saturated heterocycles. The smallest absolute Gasteiger partial charge is 0.245 e. The second kappa shape index (κ2) is 10.9. The number of methoxy groups -OCH3 is 2. The van der Waals surface area contributed by atoms with E-state index in [1.807, 2.05) is 25.1 Å². The van der Waals surface area contributed by atoms with Gasteiger partial charge in [-0.15, -0.1) is 12.4 Å². The zero-order valence-electron chi connectivity index (χ0n) is 21.1. The van der Waals surface area contributed by atoms with E-state index in [1.165, 1.54) is 16.7 Å². The Kier molecular flexibility index (Phi) is 8.09. The predicted octanol–water partition coefficient (Wildman–Crippen LogP) is 4.62. The van der Waals surface area contributed by atoms with Crippen LogP contribution in [0.5, 0.6) is 11.5 Å². The van der Waals surface area contributed by atoms with Crippen molar-refractivity contribution in [1.29, 1.82) is 0 Å². The lowest BCUT2D eigenvalue weighted by Crippen LogP contribution is -2.38. The van der Waals surface area contributed by atoms with Gasteiger partial charge in [0.05, 0.1) is 19.7 Å². The monoisotopic (exact) mass is 531 g/mol. The maximum Gasteiger partial charge on any atom is 0.245 e. The first-order chi connectivity index (χ1) is 17.0. The third-order valence-corrected chi connectivity index (χ3v) is 9.43. The normalized spacial score (nSPS) is 17.2. The molecule has 1 atom stereocenters. The van der Waals surface area contributed by atoms with Crippen LogP contribution in [-0.2, 0) is 22.9 Å². The number of benzene rings is 2. The molecule has 2 aliphatic rings. The highest BCUT2D eigenvalue weighted by Gasteiger charge is 2.37. The van der Waals surface area contributed by atoms with Crippen LogP contribution in [-0.4, -0.2) is 63.0 Å². The van der Waals surface area contributed by atoms with Crippen molar-refractivity contribution in [1.82, 2.24) is 14.2 Å². The maximum absolute atomic E-state index is 13.5. The zero-order chi connectivity index (χ0) is 24.6. The average molecular weight is 532 g/mol. The van der Waals surface area contributed by atoms with Crippen molar-refractivity contribution >= 4 is 33.3 Å². The molecule has 7 nitrogen and oxygen atoms in total. The third-order valence-electron chi connectivity index (χ3n) is 7.43. The number of hydrogen-bond donors (Lipinski definition) is 0. The Labute approximate surface area is 219 Å². The van der Waals surface area contributed by atoms with Crippen molar-refractivity contribution in [2.45, 2.75) is 43.5 Å². The Morgan fingerprint density at radius 2 is 1.94 bits per heavy atom. The number of hydrogen-bond acceptors (Lipinski definition) is 6. The standard InChI is InChI=1S/C27H33N3O4S.ClH/c1-4-30(35(31,32)24-10-5-8-19-9-6-14-28-26(19)24)16-7-15-29-17-13-20-18-23(33-2)27(34-3)21-11-12-22(29)25(20)21;/h5-6,8-10,14,18,22H,4,7,11-13,15-17H2,1-3H3;1H. The minimum absolute atomic E-state index is 0. The number of para-hydroxylation sites is 1. The number of halogens is 1. The molecule has 2 aromatic carbocycles. The lowest BCUT2D eigenvalue weighted by molar-refractivity contribution is 0.179. The molecule has 36 heavy (non-hydrogen) atoms. The molecule has 1 aliphatic heterocycles. The van der Waals surface area contributed by atoms with E-state index < -0.39 is 10.0 Å². The van der Waals surface area contributed by atoms with Crippen molar-refractivity contribution in [2.24, 2.45) is 0 Å². The van der Waals surface area contributed by atoms with Gasteiger partial charge < -0.3 is 9.47 Å². The molecule has 0 bridgehead atoms. The molecular weight excluding hydrogens is 498 g/mol.